The molecule has 0 spiro atoms. The van der Waals surface area contributed by atoms with Crippen LogP contribution in [0.25, 0.3) is 0 Å². The van der Waals surface area contributed by atoms with E-state index in [2.05, 4.69) is 5.43 Å². The van der Waals surface area contributed by atoms with Crippen LogP contribution in [-0.2, 0) is 9.84 Å². The molecule has 2 aromatic rings. The summed E-state index contributed by atoms with van der Waals surface area (Å²) >= 11 is 0. The fourth-order valence-corrected chi connectivity index (χ4v) is 2.81. The summed E-state index contributed by atoms with van der Waals surface area (Å²) in [5.74, 6) is 5.66. The summed E-state index contributed by atoms with van der Waals surface area (Å²) in [6, 6.07) is 14.6. The number of rotatable bonds is 4. The van der Waals surface area contributed by atoms with Gasteiger partial charge in [-0.1, -0.05) is 36.4 Å². The number of aryl methyl sites for hydroxylation is 1. The summed E-state index contributed by atoms with van der Waals surface area (Å²) in [6.07, 6.45) is 1.20. The third-order valence-electron chi connectivity index (χ3n) is 3.31. The van der Waals surface area contributed by atoms with Gasteiger partial charge in [0.05, 0.1) is 10.9 Å². The monoisotopic (exact) mass is 290 g/mol. The summed E-state index contributed by atoms with van der Waals surface area (Å²) in [6.45, 7) is 2.02. The first-order valence-electron chi connectivity index (χ1n) is 6.25. The van der Waals surface area contributed by atoms with E-state index in [4.69, 9.17) is 5.84 Å². The van der Waals surface area contributed by atoms with Gasteiger partial charge < -0.3 is 0 Å². The SMILES string of the molecule is Cc1ccccc1C(NN)c1ccc(S(C)(=O)=O)cc1. The molecule has 4 nitrogen and oxygen atoms in total. The average Bonchev–Trinajstić information content (AvgIpc) is 2.41. The molecule has 3 N–H and O–H groups in total. The van der Waals surface area contributed by atoms with Crippen molar-refractivity contribution in [3.63, 3.8) is 0 Å². The Balaban J connectivity index is 2.41. The summed E-state index contributed by atoms with van der Waals surface area (Å²) in [7, 11) is -3.18. The summed E-state index contributed by atoms with van der Waals surface area (Å²) in [5, 5.41) is 0. The molecule has 2 aromatic carbocycles. The second-order valence-electron chi connectivity index (χ2n) is 4.80. The van der Waals surface area contributed by atoms with Gasteiger partial charge in [0.25, 0.3) is 0 Å². The van der Waals surface area contributed by atoms with Gasteiger partial charge in [-0.15, -0.1) is 0 Å². The third kappa shape index (κ3) is 3.07. The van der Waals surface area contributed by atoms with E-state index < -0.39 is 9.84 Å². The Morgan fingerprint density at radius 2 is 1.65 bits per heavy atom. The first-order valence-corrected chi connectivity index (χ1v) is 8.14. The zero-order chi connectivity index (χ0) is 14.8. The molecule has 0 radical (unpaired) electrons. The van der Waals surface area contributed by atoms with E-state index in [0.717, 1.165) is 16.7 Å². The highest BCUT2D eigenvalue weighted by Crippen LogP contribution is 2.25. The topological polar surface area (TPSA) is 72.2 Å². The second kappa shape index (κ2) is 5.75. The van der Waals surface area contributed by atoms with Crippen molar-refractivity contribution in [2.75, 3.05) is 6.26 Å². The molecule has 1 atom stereocenters. The lowest BCUT2D eigenvalue weighted by Crippen LogP contribution is -2.29. The Bertz CT molecular complexity index is 694. The highest BCUT2D eigenvalue weighted by atomic mass is 32.2. The zero-order valence-electron chi connectivity index (χ0n) is 11.5. The quantitative estimate of drug-likeness (QED) is 0.667. The Kier molecular flexibility index (Phi) is 4.23. The van der Waals surface area contributed by atoms with Crippen molar-refractivity contribution in [2.45, 2.75) is 17.9 Å². The molecular weight excluding hydrogens is 272 g/mol. The standard InChI is InChI=1S/C15H18N2O2S/c1-11-5-3-4-6-14(11)15(17-16)12-7-9-13(10-8-12)20(2,18)19/h3-10,15,17H,16H2,1-2H3. The van der Waals surface area contributed by atoms with Gasteiger partial charge in [0.1, 0.15) is 0 Å². The van der Waals surface area contributed by atoms with Gasteiger partial charge in [-0.05, 0) is 35.7 Å². The molecule has 5 heteroatoms. The van der Waals surface area contributed by atoms with Crippen LogP contribution in [0, 0.1) is 6.92 Å². The van der Waals surface area contributed by atoms with Crippen molar-refractivity contribution < 1.29 is 8.42 Å². The number of hydrogen-bond acceptors (Lipinski definition) is 4. The lowest BCUT2D eigenvalue weighted by atomic mass is 9.96. The number of sulfone groups is 1. The first-order chi connectivity index (χ1) is 9.43. The molecule has 106 valence electrons. The van der Waals surface area contributed by atoms with Crippen LogP contribution >= 0.6 is 0 Å². The van der Waals surface area contributed by atoms with Crippen molar-refractivity contribution in [3.05, 3.63) is 65.2 Å². The lowest BCUT2D eigenvalue weighted by Gasteiger charge is -2.19. The fraction of sp³-hybridized carbons (Fsp3) is 0.200. The van der Waals surface area contributed by atoms with E-state index in [9.17, 15) is 8.42 Å². The lowest BCUT2D eigenvalue weighted by molar-refractivity contribution is 0.601. The van der Waals surface area contributed by atoms with Gasteiger partial charge >= 0.3 is 0 Å². The molecule has 0 aromatic heterocycles. The number of nitrogens with two attached hydrogens (primary N) is 1. The van der Waals surface area contributed by atoms with Crippen molar-refractivity contribution in [2.24, 2.45) is 5.84 Å². The second-order valence-corrected chi connectivity index (χ2v) is 6.81. The minimum Gasteiger partial charge on any atom is -0.271 e. The number of hydrogen-bond donors (Lipinski definition) is 2. The highest BCUT2D eigenvalue weighted by molar-refractivity contribution is 7.90. The van der Waals surface area contributed by atoms with E-state index in [-0.39, 0.29) is 6.04 Å². The molecule has 2 rings (SSSR count). The van der Waals surface area contributed by atoms with Crippen LogP contribution in [0.15, 0.2) is 53.4 Å². The van der Waals surface area contributed by atoms with Crippen molar-refractivity contribution in [3.8, 4) is 0 Å². The molecule has 0 aliphatic heterocycles. The summed E-state index contributed by atoms with van der Waals surface area (Å²) < 4.78 is 22.9. The van der Waals surface area contributed by atoms with Gasteiger partial charge in [0.2, 0.25) is 0 Å². The van der Waals surface area contributed by atoms with Crippen molar-refractivity contribution in [1.29, 1.82) is 0 Å². The Morgan fingerprint density at radius 3 is 2.15 bits per heavy atom. The zero-order valence-corrected chi connectivity index (χ0v) is 12.3. The van der Waals surface area contributed by atoms with Crippen molar-refractivity contribution >= 4 is 9.84 Å². The van der Waals surface area contributed by atoms with Gasteiger partial charge in [-0.25, -0.2) is 13.8 Å². The van der Waals surface area contributed by atoms with Gasteiger partial charge in [0, 0.05) is 6.26 Å². The number of benzene rings is 2. The largest absolute Gasteiger partial charge is 0.271 e. The molecule has 0 aliphatic rings. The van der Waals surface area contributed by atoms with E-state index in [1.54, 1.807) is 24.3 Å². The first kappa shape index (κ1) is 14.7. The fourth-order valence-electron chi connectivity index (χ4n) is 2.18. The van der Waals surface area contributed by atoms with Gasteiger partial charge in [-0.2, -0.15) is 0 Å². The maximum absolute atomic E-state index is 11.5. The molecule has 0 saturated heterocycles. The number of nitrogens with one attached hydrogen (secondary N) is 1. The molecule has 0 saturated carbocycles. The van der Waals surface area contributed by atoms with Gasteiger partial charge in [0.15, 0.2) is 9.84 Å². The molecule has 0 aliphatic carbocycles. The molecule has 0 amide bonds. The maximum atomic E-state index is 11.5. The van der Waals surface area contributed by atoms with Crippen LogP contribution in [0.4, 0.5) is 0 Å². The third-order valence-corrected chi connectivity index (χ3v) is 4.44. The minimum atomic E-state index is -3.18. The van der Waals surface area contributed by atoms with Crippen molar-refractivity contribution in [1.82, 2.24) is 5.43 Å². The van der Waals surface area contributed by atoms with Crippen LogP contribution < -0.4 is 11.3 Å². The molecule has 1 unspecified atom stereocenters. The molecule has 0 heterocycles. The number of hydrazine groups is 1. The Labute approximate surface area is 119 Å². The molecule has 0 fully saturated rings. The average molecular weight is 290 g/mol. The van der Waals surface area contributed by atoms with Crippen LogP contribution in [-0.4, -0.2) is 14.7 Å². The van der Waals surface area contributed by atoms with E-state index in [1.165, 1.54) is 6.26 Å². The van der Waals surface area contributed by atoms with Crippen LogP contribution in [0.1, 0.15) is 22.7 Å². The smallest absolute Gasteiger partial charge is 0.175 e. The summed E-state index contributed by atoms with van der Waals surface area (Å²) in [4.78, 5) is 0.307. The Hall–Kier alpha value is -1.69. The minimum absolute atomic E-state index is 0.162. The van der Waals surface area contributed by atoms with Crippen LogP contribution in [0.5, 0.6) is 0 Å². The maximum Gasteiger partial charge on any atom is 0.175 e. The highest BCUT2D eigenvalue weighted by Gasteiger charge is 2.15. The molecule has 20 heavy (non-hydrogen) atoms. The Morgan fingerprint density at radius 1 is 1.05 bits per heavy atom. The predicted molar refractivity (Wildman–Crippen MR) is 79.9 cm³/mol. The van der Waals surface area contributed by atoms with E-state index in [1.807, 2.05) is 31.2 Å². The summed E-state index contributed by atoms with van der Waals surface area (Å²) in [5.41, 5.74) is 5.91. The molecular formula is C15H18N2O2S. The normalized spacial score (nSPS) is 13.2. The van der Waals surface area contributed by atoms with Crippen LogP contribution in [0.3, 0.4) is 0 Å². The van der Waals surface area contributed by atoms with E-state index >= 15 is 0 Å². The van der Waals surface area contributed by atoms with Crippen LogP contribution in [0.2, 0.25) is 0 Å². The van der Waals surface area contributed by atoms with Gasteiger partial charge in [-0.3, -0.25) is 5.84 Å². The molecule has 0 bridgehead atoms. The predicted octanol–water partition coefficient (Wildman–Crippen LogP) is 1.95. The van der Waals surface area contributed by atoms with E-state index in [0.29, 0.717) is 4.90 Å².